The summed E-state index contributed by atoms with van der Waals surface area (Å²) in [7, 11) is 0. The van der Waals surface area contributed by atoms with Gasteiger partial charge in [-0.25, -0.2) is 4.79 Å². The molecule has 0 aromatic rings. The topological polar surface area (TPSA) is 120 Å². The van der Waals surface area contributed by atoms with Crippen molar-refractivity contribution in [3.63, 3.8) is 0 Å². The van der Waals surface area contributed by atoms with Crippen molar-refractivity contribution < 1.29 is 14.4 Å². The number of hydrazone groups is 1. The standard InChI is InChI=1S/C7H14N4O3.ClH/c1-2-5(12)3-4-6(13)14-11-7(8)10-9;/h2-4,9H2,1H3,(H3,8,10,11);1H. The summed E-state index contributed by atoms with van der Waals surface area (Å²) < 4.78 is 0. The molecule has 0 bridgehead atoms. The zero-order valence-electron chi connectivity index (χ0n) is 8.36. The lowest BCUT2D eigenvalue weighted by Crippen LogP contribution is -2.34. The van der Waals surface area contributed by atoms with Gasteiger partial charge in [0.25, 0.3) is 0 Å². The third kappa shape index (κ3) is 8.82. The maximum Gasteiger partial charge on any atom is 0.332 e. The summed E-state index contributed by atoms with van der Waals surface area (Å²) in [6.45, 7) is 1.73. The van der Waals surface area contributed by atoms with E-state index in [1.807, 2.05) is 5.48 Å². The highest BCUT2D eigenvalue weighted by molar-refractivity contribution is 5.85. The van der Waals surface area contributed by atoms with E-state index in [4.69, 9.17) is 11.6 Å². The van der Waals surface area contributed by atoms with Crippen molar-refractivity contribution in [3.8, 4) is 0 Å². The largest absolute Gasteiger partial charge is 0.366 e. The van der Waals surface area contributed by atoms with Crippen molar-refractivity contribution in [1.82, 2.24) is 5.48 Å². The van der Waals surface area contributed by atoms with E-state index in [2.05, 4.69) is 9.94 Å². The van der Waals surface area contributed by atoms with Crippen LogP contribution in [0.2, 0.25) is 0 Å². The Balaban J connectivity index is 0. The van der Waals surface area contributed by atoms with Crippen molar-refractivity contribution in [1.29, 1.82) is 0 Å². The number of ketones is 1. The molecule has 0 amide bonds. The Labute approximate surface area is 93.6 Å². The fourth-order valence-electron chi connectivity index (χ4n) is 0.605. The van der Waals surface area contributed by atoms with Gasteiger partial charge in [-0.1, -0.05) is 6.92 Å². The monoisotopic (exact) mass is 238 g/mol. The van der Waals surface area contributed by atoms with Gasteiger partial charge >= 0.3 is 5.97 Å². The number of halogens is 1. The first-order valence-electron chi connectivity index (χ1n) is 4.10. The summed E-state index contributed by atoms with van der Waals surface area (Å²) in [4.78, 5) is 26.1. The average molecular weight is 239 g/mol. The zero-order valence-corrected chi connectivity index (χ0v) is 9.17. The van der Waals surface area contributed by atoms with E-state index in [1.165, 1.54) is 0 Å². The van der Waals surface area contributed by atoms with Crippen LogP contribution in [0.25, 0.3) is 0 Å². The summed E-state index contributed by atoms with van der Waals surface area (Å²) in [6.07, 6.45) is 0.585. The van der Waals surface area contributed by atoms with Gasteiger partial charge in [0.2, 0.25) is 5.96 Å². The first-order valence-corrected chi connectivity index (χ1v) is 4.10. The quantitative estimate of drug-likeness (QED) is 0.260. The first kappa shape index (κ1) is 15.9. The van der Waals surface area contributed by atoms with E-state index >= 15 is 0 Å². The molecule has 0 aliphatic rings. The molecule has 15 heavy (non-hydrogen) atoms. The smallest absolute Gasteiger partial charge is 0.332 e. The highest BCUT2D eigenvalue weighted by Crippen LogP contribution is 1.95. The van der Waals surface area contributed by atoms with Crippen LogP contribution in [-0.2, 0) is 14.4 Å². The van der Waals surface area contributed by atoms with E-state index in [9.17, 15) is 9.59 Å². The van der Waals surface area contributed by atoms with Crippen LogP contribution in [0.1, 0.15) is 26.2 Å². The van der Waals surface area contributed by atoms with Crippen LogP contribution in [0.15, 0.2) is 5.10 Å². The van der Waals surface area contributed by atoms with Crippen molar-refractivity contribution >= 4 is 30.1 Å². The number of nitrogens with two attached hydrogens (primary N) is 2. The second kappa shape index (κ2) is 9.07. The highest BCUT2D eigenvalue weighted by atomic mass is 35.5. The highest BCUT2D eigenvalue weighted by Gasteiger charge is 2.06. The minimum atomic E-state index is -0.585. The lowest BCUT2D eigenvalue weighted by Gasteiger charge is -2.03. The maximum absolute atomic E-state index is 10.9. The molecule has 0 fully saturated rings. The summed E-state index contributed by atoms with van der Waals surface area (Å²) in [6, 6.07) is 0. The Morgan fingerprint density at radius 3 is 2.47 bits per heavy atom. The molecule has 8 heteroatoms. The zero-order chi connectivity index (χ0) is 11.0. The SMILES string of the molecule is CCC(=O)CCC(=O)ONC(N)=NN.Cl. The molecule has 0 aromatic carbocycles. The fourth-order valence-corrected chi connectivity index (χ4v) is 0.605. The molecule has 0 spiro atoms. The third-order valence-electron chi connectivity index (χ3n) is 1.41. The van der Waals surface area contributed by atoms with Crippen LogP contribution in [0, 0.1) is 0 Å². The van der Waals surface area contributed by atoms with Crippen molar-refractivity contribution in [2.75, 3.05) is 0 Å². The van der Waals surface area contributed by atoms with E-state index in [1.54, 1.807) is 6.92 Å². The number of nitrogens with one attached hydrogen (secondary N) is 1. The summed E-state index contributed by atoms with van der Waals surface area (Å²) in [5, 5.41) is 3.01. The third-order valence-corrected chi connectivity index (χ3v) is 1.41. The van der Waals surface area contributed by atoms with E-state index < -0.39 is 5.97 Å². The predicted molar refractivity (Wildman–Crippen MR) is 56.8 cm³/mol. The first-order chi connectivity index (χ1) is 6.60. The van der Waals surface area contributed by atoms with Gasteiger partial charge < -0.3 is 16.4 Å². The number of hydroxylamine groups is 1. The van der Waals surface area contributed by atoms with Gasteiger partial charge in [0.05, 0.1) is 6.42 Å². The van der Waals surface area contributed by atoms with Crippen LogP contribution in [0.4, 0.5) is 0 Å². The number of carbonyl (C=O) groups excluding carboxylic acids is 2. The minimum Gasteiger partial charge on any atom is -0.366 e. The van der Waals surface area contributed by atoms with Gasteiger partial charge in [-0.05, 0) is 0 Å². The summed E-state index contributed by atoms with van der Waals surface area (Å²) in [5.74, 6) is 3.97. The van der Waals surface area contributed by atoms with E-state index in [0.717, 1.165) is 0 Å². The van der Waals surface area contributed by atoms with Gasteiger partial charge in [-0.3, -0.25) is 4.79 Å². The molecular formula is C7H15ClN4O3. The molecule has 0 aliphatic carbocycles. The van der Waals surface area contributed by atoms with E-state index in [0.29, 0.717) is 6.42 Å². The number of hydrogen-bond donors (Lipinski definition) is 3. The Hall–Kier alpha value is -1.50. The Kier molecular flexibility index (Phi) is 9.65. The number of carbonyl (C=O) groups is 2. The Morgan fingerprint density at radius 2 is 2.00 bits per heavy atom. The number of rotatable bonds is 4. The minimum absolute atomic E-state index is 0. The molecule has 0 atom stereocenters. The molecule has 0 heterocycles. The molecule has 0 saturated carbocycles. The van der Waals surface area contributed by atoms with Crippen LogP contribution < -0.4 is 17.1 Å². The number of hydrogen-bond acceptors (Lipinski definition) is 5. The predicted octanol–water partition coefficient (Wildman–Crippen LogP) is -0.596. The summed E-state index contributed by atoms with van der Waals surface area (Å²) >= 11 is 0. The lowest BCUT2D eigenvalue weighted by atomic mass is 10.2. The van der Waals surface area contributed by atoms with Crippen molar-refractivity contribution in [3.05, 3.63) is 0 Å². The fraction of sp³-hybridized carbons (Fsp3) is 0.571. The molecule has 7 nitrogen and oxygen atoms in total. The van der Waals surface area contributed by atoms with Gasteiger partial charge in [0.15, 0.2) is 0 Å². The molecule has 0 unspecified atom stereocenters. The van der Waals surface area contributed by atoms with Gasteiger partial charge in [-0.2, -0.15) is 5.48 Å². The maximum atomic E-state index is 10.9. The second-order valence-corrected chi connectivity index (χ2v) is 2.48. The van der Waals surface area contributed by atoms with Gasteiger partial charge in [0, 0.05) is 12.8 Å². The van der Waals surface area contributed by atoms with Crippen LogP contribution >= 0.6 is 12.4 Å². The van der Waals surface area contributed by atoms with Crippen LogP contribution in [0.5, 0.6) is 0 Å². The molecule has 0 rings (SSSR count). The molecule has 0 saturated heterocycles. The Morgan fingerprint density at radius 1 is 1.40 bits per heavy atom. The van der Waals surface area contributed by atoms with E-state index in [-0.39, 0.29) is 37.0 Å². The number of nitrogens with zero attached hydrogens (tertiary/aromatic N) is 1. The normalized spacial score (nSPS) is 10.1. The Bertz CT molecular complexity index is 244. The van der Waals surface area contributed by atoms with Crippen molar-refractivity contribution in [2.45, 2.75) is 26.2 Å². The summed E-state index contributed by atoms with van der Waals surface area (Å²) in [5.41, 5.74) is 7.09. The molecule has 0 aromatic heterocycles. The van der Waals surface area contributed by atoms with Crippen LogP contribution in [0.3, 0.4) is 0 Å². The van der Waals surface area contributed by atoms with Gasteiger partial charge in [-0.15, -0.1) is 17.5 Å². The molecule has 0 radical (unpaired) electrons. The van der Waals surface area contributed by atoms with Crippen LogP contribution in [-0.4, -0.2) is 17.7 Å². The van der Waals surface area contributed by atoms with Crippen molar-refractivity contribution in [2.24, 2.45) is 16.7 Å². The molecule has 5 N–H and O–H groups in total. The molecular weight excluding hydrogens is 224 g/mol. The van der Waals surface area contributed by atoms with Gasteiger partial charge in [0.1, 0.15) is 5.78 Å². The average Bonchev–Trinajstić information content (AvgIpc) is 2.22. The molecule has 88 valence electrons. The number of Topliss-reactive ketones (excluding diaryl/α,β-unsaturated/α-hetero) is 1. The second-order valence-electron chi connectivity index (χ2n) is 2.48. The molecule has 0 aliphatic heterocycles. The number of guanidine groups is 1. The lowest BCUT2D eigenvalue weighted by molar-refractivity contribution is -0.148.